The molecule has 0 aliphatic carbocycles. The standard InChI is InChI=1S/C17H12Cl2N2O/c18-15-2-1-3-16(19)14(15)8-9-17(22)21-13-6-4-12(5-7-13)10-11-20/h1-9H,10H2,(H,21,22)/b9-8+. The third-order valence-electron chi connectivity index (χ3n) is 2.91. The lowest BCUT2D eigenvalue weighted by Crippen LogP contribution is -2.07. The fourth-order valence-corrected chi connectivity index (χ4v) is 2.33. The number of nitrogens with one attached hydrogen (secondary N) is 1. The zero-order chi connectivity index (χ0) is 15.9. The van der Waals surface area contributed by atoms with Crippen molar-refractivity contribution in [2.75, 3.05) is 5.32 Å². The second-order valence-corrected chi connectivity index (χ2v) is 5.30. The maximum atomic E-state index is 11.9. The van der Waals surface area contributed by atoms with Gasteiger partial charge in [-0.2, -0.15) is 5.26 Å². The van der Waals surface area contributed by atoms with Crippen molar-refractivity contribution < 1.29 is 4.79 Å². The molecule has 3 nitrogen and oxygen atoms in total. The van der Waals surface area contributed by atoms with E-state index < -0.39 is 0 Å². The van der Waals surface area contributed by atoms with Crippen LogP contribution in [0.25, 0.3) is 6.08 Å². The summed E-state index contributed by atoms with van der Waals surface area (Å²) < 4.78 is 0. The highest BCUT2D eigenvalue weighted by molar-refractivity contribution is 6.37. The topological polar surface area (TPSA) is 52.9 Å². The predicted octanol–water partition coefficient (Wildman–Crippen LogP) is 4.71. The SMILES string of the molecule is N#CCc1ccc(NC(=O)/C=C/c2c(Cl)cccc2Cl)cc1. The molecule has 0 fully saturated rings. The minimum Gasteiger partial charge on any atom is -0.323 e. The number of amides is 1. The summed E-state index contributed by atoms with van der Waals surface area (Å²) >= 11 is 12.1. The van der Waals surface area contributed by atoms with E-state index in [9.17, 15) is 4.79 Å². The van der Waals surface area contributed by atoms with Gasteiger partial charge in [0.15, 0.2) is 0 Å². The second-order valence-electron chi connectivity index (χ2n) is 4.49. The highest BCUT2D eigenvalue weighted by Crippen LogP contribution is 2.25. The van der Waals surface area contributed by atoms with E-state index in [4.69, 9.17) is 28.5 Å². The van der Waals surface area contributed by atoms with Gasteiger partial charge in [-0.1, -0.05) is 41.4 Å². The van der Waals surface area contributed by atoms with E-state index in [-0.39, 0.29) is 5.91 Å². The van der Waals surface area contributed by atoms with E-state index in [1.165, 1.54) is 6.08 Å². The number of carbonyl (C=O) groups excluding carboxylic acids is 1. The molecule has 0 unspecified atom stereocenters. The summed E-state index contributed by atoms with van der Waals surface area (Å²) in [6.07, 6.45) is 3.29. The van der Waals surface area contributed by atoms with Crippen LogP contribution in [0.4, 0.5) is 5.69 Å². The molecule has 110 valence electrons. The van der Waals surface area contributed by atoms with Gasteiger partial charge in [0.1, 0.15) is 0 Å². The van der Waals surface area contributed by atoms with E-state index in [0.717, 1.165) is 5.56 Å². The average molecular weight is 331 g/mol. The lowest BCUT2D eigenvalue weighted by atomic mass is 10.1. The van der Waals surface area contributed by atoms with Gasteiger partial charge in [-0.3, -0.25) is 4.79 Å². The molecule has 0 aliphatic rings. The molecule has 0 bridgehead atoms. The smallest absolute Gasteiger partial charge is 0.248 e. The predicted molar refractivity (Wildman–Crippen MR) is 89.9 cm³/mol. The molecule has 0 heterocycles. The zero-order valence-electron chi connectivity index (χ0n) is 11.5. The fraction of sp³-hybridized carbons (Fsp3) is 0.0588. The number of carbonyl (C=O) groups is 1. The Balaban J connectivity index is 2.04. The van der Waals surface area contributed by atoms with Gasteiger partial charge in [0.25, 0.3) is 0 Å². The van der Waals surface area contributed by atoms with Crippen LogP contribution in [0.15, 0.2) is 48.5 Å². The largest absolute Gasteiger partial charge is 0.323 e. The molecule has 0 spiro atoms. The average Bonchev–Trinajstić information content (AvgIpc) is 2.49. The number of hydrogen-bond donors (Lipinski definition) is 1. The van der Waals surface area contributed by atoms with Crippen molar-refractivity contribution in [1.82, 2.24) is 0 Å². The van der Waals surface area contributed by atoms with E-state index >= 15 is 0 Å². The summed E-state index contributed by atoms with van der Waals surface area (Å²) in [5.74, 6) is -0.288. The van der Waals surface area contributed by atoms with Crippen LogP contribution in [0.5, 0.6) is 0 Å². The van der Waals surface area contributed by atoms with Gasteiger partial charge in [0.2, 0.25) is 5.91 Å². The van der Waals surface area contributed by atoms with Crippen molar-refractivity contribution in [3.63, 3.8) is 0 Å². The Morgan fingerprint density at radius 2 is 1.77 bits per heavy atom. The Morgan fingerprint density at radius 3 is 2.36 bits per heavy atom. The molecule has 0 aliphatic heterocycles. The van der Waals surface area contributed by atoms with Gasteiger partial charge < -0.3 is 5.32 Å². The first-order valence-electron chi connectivity index (χ1n) is 6.49. The van der Waals surface area contributed by atoms with Crippen molar-refractivity contribution in [3.8, 4) is 6.07 Å². The Morgan fingerprint density at radius 1 is 1.14 bits per heavy atom. The molecule has 1 amide bonds. The third kappa shape index (κ3) is 4.36. The Labute approximate surface area is 138 Å². The molecular formula is C17H12Cl2N2O. The number of nitriles is 1. The number of hydrogen-bond acceptors (Lipinski definition) is 2. The van der Waals surface area contributed by atoms with Crippen LogP contribution in [0.2, 0.25) is 10.0 Å². The van der Waals surface area contributed by atoms with E-state index in [2.05, 4.69) is 11.4 Å². The van der Waals surface area contributed by atoms with Gasteiger partial charge in [-0.15, -0.1) is 0 Å². The van der Waals surface area contributed by atoms with Crippen molar-refractivity contribution in [2.24, 2.45) is 0 Å². The lowest BCUT2D eigenvalue weighted by molar-refractivity contribution is -0.111. The van der Waals surface area contributed by atoms with Crippen molar-refractivity contribution in [1.29, 1.82) is 5.26 Å². The maximum Gasteiger partial charge on any atom is 0.248 e. The molecule has 5 heteroatoms. The summed E-state index contributed by atoms with van der Waals surface area (Å²) in [6, 6.07) is 14.3. The van der Waals surface area contributed by atoms with Crippen LogP contribution in [-0.4, -0.2) is 5.91 Å². The molecular weight excluding hydrogens is 319 g/mol. The number of benzene rings is 2. The molecule has 0 radical (unpaired) electrons. The quantitative estimate of drug-likeness (QED) is 0.825. The minimum absolute atomic E-state index is 0.288. The lowest BCUT2D eigenvalue weighted by Gasteiger charge is -2.04. The van der Waals surface area contributed by atoms with E-state index in [1.54, 1.807) is 48.5 Å². The van der Waals surface area contributed by atoms with Crippen LogP contribution >= 0.6 is 23.2 Å². The maximum absolute atomic E-state index is 11.9. The second kappa shape index (κ2) is 7.65. The van der Waals surface area contributed by atoms with Gasteiger partial charge in [0, 0.05) is 27.4 Å². The summed E-state index contributed by atoms with van der Waals surface area (Å²) in [6.45, 7) is 0. The first-order chi connectivity index (χ1) is 10.6. The summed E-state index contributed by atoms with van der Waals surface area (Å²) in [4.78, 5) is 11.9. The van der Waals surface area contributed by atoms with Crippen LogP contribution < -0.4 is 5.32 Å². The normalized spacial score (nSPS) is 10.4. The van der Waals surface area contributed by atoms with Gasteiger partial charge in [-0.05, 0) is 35.9 Å². The fourth-order valence-electron chi connectivity index (χ4n) is 1.81. The molecule has 22 heavy (non-hydrogen) atoms. The Bertz CT molecular complexity index is 726. The number of anilines is 1. The van der Waals surface area contributed by atoms with Crippen LogP contribution in [0.1, 0.15) is 11.1 Å². The van der Waals surface area contributed by atoms with Gasteiger partial charge in [0.05, 0.1) is 12.5 Å². The molecule has 2 aromatic carbocycles. The molecule has 2 rings (SSSR count). The summed E-state index contributed by atoms with van der Waals surface area (Å²) in [7, 11) is 0. The number of halogens is 2. The molecule has 0 aromatic heterocycles. The Kier molecular flexibility index (Phi) is 5.60. The van der Waals surface area contributed by atoms with Crippen molar-refractivity contribution >= 4 is 40.9 Å². The number of nitrogens with zero attached hydrogens (tertiary/aromatic N) is 1. The summed E-state index contributed by atoms with van der Waals surface area (Å²) in [5.41, 5.74) is 2.16. The number of rotatable bonds is 4. The highest BCUT2D eigenvalue weighted by Gasteiger charge is 2.03. The van der Waals surface area contributed by atoms with Crippen molar-refractivity contribution in [3.05, 3.63) is 69.7 Å². The van der Waals surface area contributed by atoms with Crippen LogP contribution in [-0.2, 0) is 11.2 Å². The van der Waals surface area contributed by atoms with Crippen LogP contribution in [0.3, 0.4) is 0 Å². The molecule has 0 atom stereocenters. The third-order valence-corrected chi connectivity index (χ3v) is 3.56. The highest BCUT2D eigenvalue weighted by atomic mass is 35.5. The first-order valence-corrected chi connectivity index (χ1v) is 7.24. The molecule has 2 aromatic rings. The Hall–Kier alpha value is -2.28. The molecule has 1 N–H and O–H groups in total. The van der Waals surface area contributed by atoms with Crippen LogP contribution in [0, 0.1) is 11.3 Å². The first kappa shape index (κ1) is 16.1. The zero-order valence-corrected chi connectivity index (χ0v) is 13.0. The van der Waals surface area contributed by atoms with E-state index in [0.29, 0.717) is 27.7 Å². The summed E-state index contributed by atoms with van der Waals surface area (Å²) in [5, 5.41) is 12.3. The van der Waals surface area contributed by atoms with Crippen molar-refractivity contribution in [2.45, 2.75) is 6.42 Å². The molecule has 0 saturated heterocycles. The monoisotopic (exact) mass is 330 g/mol. The van der Waals surface area contributed by atoms with Gasteiger partial charge >= 0.3 is 0 Å². The minimum atomic E-state index is -0.288. The van der Waals surface area contributed by atoms with E-state index in [1.807, 2.05) is 0 Å². The molecule has 0 saturated carbocycles. The van der Waals surface area contributed by atoms with Gasteiger partial charge in [-0.25, -0.2) is 0 Å².